The number of amides is 1. The zero-order chi connectivity index (χ0) is 25.1. The van der Waals surface area contributed by atoms with Crippen molar-refractivity contribution in [1.29, 1.82) is 0 Å². The van der Waals surface area contributed by atoms with E-state index in [0.717, 1.165) is 17.1 Å². The standard InChI is InChI=1S/C21H26BrN3O7S3/c22-18-7-6-17(33-18)21(14-19(26)24-32-20-5-1-2-12-31-20)8-10-25(11-13-34(21,27)28)35(29,30)16-4-3-9-23-15-16/h3-4,6-7,9,15,20H,1-2,5,8,10-14H2,(H,24,26). The second-order valence-electron chi connectivity index (χ2n) is 8.38. The van der Waals surface area contributed by atoms with Crippen molar-refractivity contribution in [2.45, 2.75) is 48.0 Å². The maximum atomic E-state index is 13.7. The first-order chi connectivity index (χ1) is 16.6. The van der Waals surface area contributed by atoms with Crippen LogP contribution in [-0.2, 0) is 39.0 Å². The Morgan fingerprint density at radius 2 is 2.14 bits per heavy atom. The summed E-state index contributed by atoms with van der Waals surface area (Å²) in [6.07, 6.45) is 4.07. The molecule has 2 atom stereocenters. The number of rotatable bonds is 7. The highest BCUT2D eigenvalue weighted by molar-refractivity contribution is 9.11. The zero-order valence-corrected chi connectivity index (χ0v) is 22.8. The van der Waals surface area contributed by atoms with Crippen LogP contribution in [0.3, 0.4) is 0 Å². The van der Waals surface area contributed by atoms with E-state index in [1.165, 1.54) is 35.9 Å². The number of hydrogen-bond donors (Lipinski definition) is 1. The number of hydrogen-bond acceptors (Lipinski definition) is 9. The Hall–Kier alpha value is -1.42. The highest BCUT2D eigenvalue weighted by Gasteiger charge is 2.50. The molecule has 2 aliphatic heterocycles. The van der Waals surface area contributed by atoms with E-state index >= 15 is 0 Å². The van der Waals surface area contributed by atoms with Crippen molar-refractivity contribution >= 4 is 53.0 Å². The van der Waals surface area contributed by atoms with Crippen LogP contribution in [0.25, 0.3) is 0 Å². The van der Waals surface area contributed by atoms with E-state index in [1.54, 1.807) is 12.1 Å². The molecule has 2 aromatic rings. The molecule has 1 amide bonds. The van der Waals surface area contributed by atoms with Gasteiger partial charge >= 0.3 is 0 Å². The number of carbonyl (C=O) groups excluding carboxylic acids is 1. The molecule has 0 aromatic carbocycles. The van der Waals surface area contributed by atoms with Gasteiger partial charge in [0.1, 0.15) is 9.64 Å². The lowest BCUT2D eigenvalue weighted by Gasteiger charge is -2.31. The van der Waals surface area contributed by atoms with Crippen molar-refractivity contribution < 1.29 is 31.2 Å². The smallest absolute Gasteiger partial charge is 0.245 e. The van der Waals surface area contributed by atoms with Gasteiger partial charge in [-0.2, -0.15) is 4.31 Å². The molecule has 4 rings (SSSR count). The molecule has 1 N–H and O–H groups in total. The zero-order valence-electron chi connectivity index (χ0n) is 18.8. The van der Waals surface area contributed by atoms with Crippen LogP contribution in [0.4, 0.5) is 0 Å². The number of nitrogens with zero attached hydrogens (tertiary/aromatic N) is 2. The highest BCUT2D eigenvalue weighted by atomic mass is 79.9. The SMILES string of the molecule is O=C(CC1(c2ccc(Br)s2)CCN(S(=O)(=O)c2cccnc2)CCS1(=O)=O)NOC1CCCCO1. The summed E-state index contributed by atoms with van der Waals surface area (Å²) in [6.45, 7) is 0.233. The molecular formula is C21H26BrN3O7S3. The third-order valence-electron chi connectivity index (χ3n) is 6.15. The third-order valence-corrected chi connectivity index (χ3v) is 12.5. The molecule has 10 nitrogen and oxygen atoms in total. The second-order valence-corrected chi connectivity index (χ2v) is 15.2. The van der Waals surface area contributed by atoms with Crippen LogP contribution < -0.4 is 5.48 Å². The minimum atomic E-state index is -3.96. The fourth-order valence-electron chi connectivity index (χ4n) is 4.23. The van der Waals surface area contributed by atoms with Crippen molar-refractivity contribution in [3.05, 3.63) is 45.3 Å². The van der Waals surface area contributed by atoms with Gasteiger partial charge in [0.2, 0.25) is 15.9 Å². The van der Waals surface area contributed by atoms with Gasteiger partial charge in [-0.3, -0.25) is 9.78 Å². The average Bonchev–Trinajstić information content (AvgIpc) is 3.23. The van der Waals surface area contributed by atoms with Gasteiger partial charge in [-0.15, -0.1) is 11.3 Å². The summed E-state index contributed by atoms with van der Waals surface area (Å²) in [6, 6.07) is 6.31. The predicted molar refractivity (Wildman–Crippen MR) is 133 cm³/mol. The molecule has 0 spiro atoms. The molecule has 2 aliphatic rings. The Balaban J connectivity index is 1.61. The van der Waals surface area contributed by atoms with Gasteiger partial charge in [0.15, 0.2) is 16.1 Å². The lowest BCUT2D eigenvalue weighted by atomic mass is 9.97. The largest absolute Gasteiger partial charge is 0.350 e. The molecule has 0 aliphatic carbocycles. The number of aromatic nitrogens is 1. The van der Waals surface area contributed by atoms with Gasteiger partial charge in [0.25, 0.3) is 0 Å². The fraction of sp³-hybridized carbons (Fsp3) is 0.524. The number of hydroxylamine groups is 1. The average molecular weight is 609 g/mol. The molecule has 192 valence electrons. The number of sulfonamides is 1. The Bertz CT molecular complexity index is 1250. The van der Waals surface area contributed by atoms with E-state index in [-0.39, 0.29) is 24.4 Å². The summed E-state index contributed by atoms with van der Waals surface area (Å²) < 4.78 is 59.4. The predicted octanol–water partition coefficient (Wildman–Crippen LogP) is 2.57. The lowest BCUT2D eigenvalue weighted by Crippen LogP contribution is -2.43. The van der Waals surface area contributed by atoms with E-state index in [4.69, 9.17) is 9.57 Å². The first-order valence-corrected chi connectivity index (χ1v) is 15.8. The third kappa shape index (κ3) is 5.78. The maximum Gasteiger partial charge on any atom is 0.245 e. The second kappa shape index (κ2) is 10.9. The highest BCUT2D eigenvalue weighted by Crippen LogP contribution is 2.44. The summed E-state index contributed by atoms with van der Waals surface area (Å²) >= 11 is 4.58. The van der Waals surface area contributed by atoms with Gasteiger partial charge in [-0.1, -0.05) is 0 Å². The summed E-state index contributed by atoms with van der Waals surface area (Å²) in [5.74, 6) is -1.04. The van der Waals surface area contributed by atoms with E-state index in [0.29, 0.717) is 21.7 Å². The first kappa shape index (κ1) is 26.6. The minimum Gasteiger partial charge on any atom is -0.350 e. The first-order valence-electron chi connectivity index (χ1n) is 11.1. The molecule has 35 heavy (non-hydrogen) atoms. The monoisotopic (exact) mass is 607 g/mol. The Morgan fingerprint density at radius 1 is 1.31 bits per heavy atom. The summed E-state index contributed by atoms with van der Waals surface area (Å²) in [7, 11) is -7.91. The number of pyridine rings is 1. The van der Waals surface area contributed by atoms with Gasteiger partial charge < -0.3 is 4.74 Å². The Kier molecular flexibility index (Phi) is 8.30. The molecule has 0 radical (unpaired) electrons. The van der Waals surface area contributed by atoms with Crippen LogP contribution in [0.1, 0.15) is 37.0 Å². The van der Waals surface area contributed by atoms with Crippen LogP contribution >= 0.6 is 27.3 Å². The molecule has 4 heterocycles. The van der Waals surface area contributed by atoms with Crippen LogP contribution in [0.5, 0.6) is 0 Å². The number of sulfone groups is 1. The van der Waals surface area contributed by atoms with Crippen LogP contribution in [0.15, 0.2) is 45.3 Å². The quantitative estimate of drug-likeness (QED) is 0.475. The van der Waals surface area contributed by atoms with Gasteiger partial charge in [-0.25, -0.2) is 27.2 Å². The van der Waals surface area contributed by atoms with Gasteiger partial charge in [-0.05, 0) is 59.5 Å². The Labute approximate surface area is 217 Å². The number of ether oxygens (including phenoxy) is 1. The lowest BCUT2D eigenvalue weighted by molar-refractivity contribution is -0.200. The van der Waals surface area contributed by atoms with Crippen LogP contribution in [-0.4, -0.2) is 63.8 Å². The minimum absolute atomic E-state index is 0.0117. The number of halogens is 1. The molecule has 2 saturated heterocycles. The number of thiophene rings is 1. The summed E-state index contributed by atoms with van der Waals surface area (Å²) in [5, 5.41) is 0. The number of carbonyl (C=O) groups is 1. The van der Waals surface area contributed by atoms with E-state index in [2.05, 4.69) is 26.4 Å². The maximum absolute atomic E-state index is 13.7. The summed E-state index contributed by atoms with van der Waals surface area (Å²) in [5.41, 5.74) is 2.35. The fourth-order valence-corrected chi connectivity index (χ4v) is 9.74. The van der Waals surface area contributed by atoms with Crippen molar-refractivity contribution in [3.8, 4) is 0 Å². The van der Waals surface area contributed by atoms with E-state index in [1.807, 2.05) is 0 Å². The van der Waals surface area contributed by atoms with Crippen molar-refractivity contribution in [3.63, 3.8) is 0 Å². The number of nitrogens with one attached hydrogen (secondary N) is 1. The molecule has 2 fully saturated rings. The molecule has 2 unspecified atom stereocenters. The Morgan fingerprint density at radius 3 is 2.80 bits per heavy atom. The summed E-state index contributed by atoms with van der Waals surface area (Å²) in [4.78, 5) is 22.6. The molecule has 2 aromatic heterocycles. The molecular weight excluding hydrogens is 582 g/mol. The van der Waals surface area contributed by atoms with E-state index in [9.17, 15) is 21.6 Å². The normalized spacial score (nSPS) is 25.6. The van der Waals surface area contributed by atoms with Crippen molar-refractivity contribution in [2.24, 2.45) is 0 Å². The van der Waals surface area contributed by atoms with E-state index < -0.39 is 49.0 Å². The van der Waals surface area contributed by atoms with Crippen LogP contribution in [0, 0.1) is 0 Å². The van der Waals surface area contributed by atoms with Crippen LogP contribution in [0.2, 0.25) is 0 Å². The molecule has 14 heteroatoms. The molecule has 0 bridgehead atoms. The molecule has 0 saturated carbocycles. The topological polar surface area (TPSA) is 132 Å². The van der Waals surface area contributed by atoms with Crippen molar-refractivity contribution in [2.75, 3.05) is 25.4 Å². The van der Waals surface area contributed by atoms with Gasteiger partial charge in [0.05, 0.1) is 16.0 Å². The van der Waals surface area contributed by atoms with Crippen molar-refractivity contribution in [1.82, 2.24) is 14.8 Å². The van der Waals surface area contributed by atoms with Gasteiger partial charge in [0, 0.05) is 43.4 Å².